The molecule has 4 heteroatoms. The lowest BCUT2D eigenvalue weighted by molar-refractivity contribution is 0.0798. The second-order valence-electron chi connectivity index (χ2n) is 4.37. The fourth-order valence-electron chi connectivity index (χ4n) is 1.97. The van der Waals surface area contributed by atoms with Crippen LogP contribution in [0.4, 0.5) is 0 Å². The monoisotopic (exact) mass is 356 g/mol. The smallest absolute Gasteiger partial charge is 0.265 e. The molecular formula is C14H17IN2O. The molecule has 3 nitrogen and oxygen atoms in total. The molecule has 0 saturated carbocycles. The third-order valence-electron chi connectivity index (χ3n) is 3.05. The van der Waals surface area contributed by atoms with Crippen molar-refractivity contribution in [1.82, 2.24) is 10.4 Å². The van der Waals surface area contributed by atoms with Crippen molar-refractivity contribution in [1.29, 1.82) is 0 Å². The van der Waals surface area contributed by atoms with Crippen LogP contribution in [-0.2, 0) is 0 Å². The van der Waals surface area contributed by atoms with E-state index in [0.717, 1.165) is 29.5 Å². The molecule has 2 rings (SSSR count). The lowest BCUT2D eigenvalue weighted by atomic mass is 10.1. The van der Waals surface area contributed by atoms with Crippen LogP contribution in [0.25, 0.3) is 0 Å². The highest BCUT2D eigenvalue weighted by molar-refractivity contribution is 14.1. The van der Waals surface area contributed by atoms with Gasteiger partial charge in [-0.2, -0.15) is 0 Å². The molecule has 1 aromatic rings. The second-order valence-corrected chi connectivity index (χ2v) is 5.62. The number of carbonyl (C=O) groups excluding carboxylic acids is 1. The highest BCUT2D eigenvalue weighted by Crippen LogP contribution is 2.11. The maximum Gasteiger partial charge on any atom is 0.265 e. The number of hydrogen-bond acceptors (Lipinski definition) is 2. The van der Waals surface area contributed by atoms with E-state index in [1.807, 2.05) is 29.3 Å². The van der Waals surface area contributed by atoms with Gasteiger partial charge in [-0.25, -0.2) is 5.01 Å². The minimum absolute atomic E-state index is 0.0243. The molecule has 1 aliphatic heterocycles. The molecule has 1 aromatic carbocycles. The summed E-state index contributed by atoms with van der Waals surface area (Å²) in [6.07, 6.45) is 4.33. The van der Waals surface area contributed by atoms with Gasteiger partial charge in [-0.05, 0) is 59.7 Å². The first-order valence-corrected chi connectivity index (χ1v) is 7.26. The van der Waals surface area contributed by atoms with Crippen LogP contribution in [0.2, 0.25) is 0 Å². The minimum atomic E-state index is -0.0243. The molecular weight excluding hydrogens is 339 g/mol. The molecule has 0 aliphatic carbocycles. The Morgan fingerprint density at radius 2 is 2.11 bits per heavy atom. The number of carbonyl (C=O) groups is 1. The summed E-state index contributed by atoms with van der Waals surface area (Å²) in [6.45, 7) is 3.88. The van der Waals surface area contributed by atoms with Crippen LogP contribution in [0, 0.1) is 3.57 Å². The molecule has 1 amide bonds. The summed E-state index contributed by atoms with van der Waals surface area (Å²) < 4.78 is 1.14. The van der Waals surface area contributed by atoms with E-state index in [-0.39, 0.29) is 5.91 Å². The molecule has 0 saturated heterocycles. The van der Waals surface area contributed by atoms with Crippen LogP contribution in [0.5, 0.6) is 0 Å². The number of hydrogen-bond donors (Lipinski definition) is 1. The zero-order valence-corrected chi connectivity index (χ0v) is 12.6. The van der Waals surface area contributed by atoms with Gasteiger partial charge in [0.1, 0.15) is 0 Å². The van der Waals surface area contributed by atoms with Crippen molar-refractivity contribution < 1.29 is 4.79 Å². The van der Waals surface area contributed by atoms with E-state index in [2.05, 4.69) is 41.0 Å². The Hall–Kier alpha value is -0.880. The van der Waals surface area contributed by atoms with E-state index >= 15 is 0 Å². The van der Waals surface area contributed by atoms with E-state index < -0.39 is 0 Å². The fourth-order valence-corrected chi connectivity index (χ4v) is 2.33. The molecule has 0 bridgehead atoms. The summed E-state index contributed by atoms with van der Waals surface area (Å²) in [5.74, 6) is -0.0243. The number of rotatable bonds is 3. The highest BCUT2D eigenvalue weighted by Gasteiger charge is 2.14. The summed E-state index contributed by atoms with van der Waals surface area (Å²) in [6, 6.07) is 7.61. The Kier molecular flexibility index (Phi) is 4.77. The van der Waals surface area contributed by atoms with E-state index in [1.54, 1.807) is 0 Å². The molecule has 0 unspecified atom stereocenters. The summed E-state index contributed by atoms with van der Waals surface area (Å²) in [4.78, 5) is 12.0. The quantitative estimate of drug-likeness (QED) is 0.667. The van der Waals surface area contributed by atoms with Gasteiger partial charge in [-0.15, -0.1) is 0 Å². The molecule has 0 atom stereocenters. The zero-order valence-electron chi connectivity index (χ0n) is 10.4. The molecule has 0 radical (unpaired) electrons. The van der Waals surface area contributed by atoms with Crippen LogP contribution < -0.4 is 5.43 Å². The molecule has 18 heavy (non-hydrogen) atoms. The number of halogens is 1. The maximum absolute atomic E-state index is 12.0. The fraction of sp³-hybridized carbons (Fsp3) is 0.357. The SMILES string of the molecule is CCC1=CCCN(NC(=O)c2ccc(I)cc2)C1. The van der Waals surface area contributed by atoms with Gasteiger partial charge < -0.3 is 0 Å². The molecule has 0 aromatic heterocycles. The molecule has 1 heterocycles. The Labute approximate surface area is 121 Å². The van der Waals surface area contributed by atoms with Crippen molar-refractivity contribution in [2.24, 2.45) is 0 Å². The lowest BCUT2D eigenvalue weighted by Gasteiger charge is -2.27. The van der Waals surface area contributed by atoms with Crippen LogP contribution >= 0.6 is 22.6 Å². The average Bonchev–Trinajstić information content (AvgIpc) is 2.39. The lowest BCUT2D eigenvalue weighted by Crippen LogP contribution is -2.45. The standard InChI is InChI=1S/C14H17IN2O/c1-2-11-4-3-9-17(10-11)16-14(18)12-5-7-13(15)8-6-12/h4-8H,2-3,9-10H2,1H3,(H,16,18). The Balaban J connectivity index is 1.96. The van der Waals surface area contributed by atoms with Crippen LogP contribution in [0.1, 0.15) is 30.1 Å². The van der Waals surface area contributed by atoms with Gasteiger partial charge in [0.2, 0.25) is 0 Å². The van der Waals surface area contributed by atoms with Crippen LogP contribution in [0.15, 0.2) is 35.9 Å². The van der Waals surface area contributed by atoms with Crippen LogP contribution in [0.3, 0.4) is 0 Å². The Morgan fingerprint density at radius 1 is 1.39 bits per heavy atom. The maximum atomic E-state index is 12.0. The summed E-state index contributed by atoms with van der Waals surface area (Å²) in [7, 11) is 0. The number of nitrogens with zero attached hydrogens (tertiary/aromatic N) is 1. The minimum Gasteiger partial charge on any atom is -0.284 e. The van der Waals surface area contributed by atoms with Gasteiger partial charge in [-0.1, -0.05) is 18.6 Å². The van der Waals surface area contributed by atoms with Crippen molar-refractivity contribution in [2.45, 2.75) is 19.8 Å². The van der Waals surface area contributed by atoms with Gasteiger partial charge >= 0.3 is 0 Å². The van der Waals surface area contributed by atoms with Crippen LogP contribution in [-0.4, -0.2) is 24.0 Å². The number of hydrazine groups is 1. The first-order valence-electron chi connectivity index (χ1n) is 6.18. The average molecular weight is 356 g/mol. The number of nitrogens with one attached hydrogen (secondary N) is 1. The molecule has 0 spiro atoms. The normalized spacial score (nSPS) is 16.2. The van der Waals surface area contributed by atoms with Crippen molar-refractivity contribution >= 4 is 28.5 Å². The Morgan fingerprint density at radius 3 is 2.78 bits per heavy atom. The van der Waals surface area contributed by atoms with E-state index in [1.165, 1.54) is 5.57 Å². The van der Waals surface area contributed by atoms with Gasteiger partial charge in [-0.3, -0.25) is 10.2 Å². The van der Waals surface area contributed by atoms with Crippen molar-refractivity contribution in [3.63, 3.8) is 0 Å². The predicted molar refractivity (Wildman–Crippen MR) is 81.2 cm³/mol. The summed E-state index contributed by atoms with van der Waals surface area (Å²) >= 11 is 2.23. The predicted octanol–water partition coefficient (Wildman–Crippen LogP) is 2.98. The summed E-state index contributed by atoms with van der Waals surface area (Å²) in [5.41, 5.74) is 5.07. The second kappa shape index (κ2) is 6.33. The topological polar surface area (TPSA) is 32.3 Å². The largest absolute Gasteiger partial charge is 0.284 e. The van der Waals surface area contributed by atoms with Gasteiger partial charge in [0.25, 0.3) is 5.91 Å². The summed E-state index contributed by atoms with van der Waals surface area (Å²) in [5, 5.41) is 2.00. The van der Waals surface area contributed by atoms with Gasteiger partial charge in [0.05, 0.1) is 0 Å². The van der Waals surface area contributed by atoms with Crippen molar-refractivity contribution in [3.05, 3.63) is 45.0 Å². The third-order valence-corrected chi connectivity index (χ3v) is 3.77. The van der Waals surface area contributed by atoms with E-state index in [9.17, 15) is 4.79 Å². The zero-order chi connectivity index (χ0) is 13.0. The molecule has 1 N–H and O–H groups in total. The van der Waals surface area contributed by atoms with Gasteiger partial charge in [0.15, 0.2) is 0 Å². The Bertz CT molecular complexity index is 453. The molecule has 96 valence electrons. The first-order chi connectivity index (χ1) is 8.69. The first kappa shape index (κ1) is 13.5. The number of benzene rings is 1. The van der Waals surface area contributed by atoms with Gasteiger partial charge in [0, 0.05) is 22.2 Å². The van der Waals surface area contributed by atoms with E-state index in [4.69, 9.17) is 0 Å². The van der Waals surface area contributed by atoms with Crippen molar-refractivity contribution in [2.75, 3.05) is 13.1 Å². The van der Waals surface area contributed by atoms with Crippen molar-refractivity contribution in [3.8, 4) is 0 Å². The molecule has 1 aliphatic rings. The molecule has 0 fully saturated rings. The highest BCUT2D eigenvalue weighted by atomic mass is 127. The third kappa shape index (κ3) is 3.55. The van der Waals surface area contributed by atoms with E-state index in [0.29, 0.717) is 5.56 Å². The number of amides is 1.